The fourth-order valence-corrected chi connectivity index (χ4v) is 1.70. The smallest absolute Gasteiger partial charge is 0.407 e. The summed E-state index contributed by atoms with van der Waals surface area (Å²) < 4.78 is 5.15. The number of hydrogen-bond acceptors (Lipinski definition) is 5. The summed E-state index contributed by atoms with van der Waals surface area (Å²) in [4.78, 5) is 20.2. The van der Waals surface area contributed by atoms with E-state index in [0.717, 1.165) is 0 Å². The maximum atomic E-state index is 11.5. The largest absolute Gasteiger partial charge is 0.444 e. The van der Waals surface area contributed by atoms with Crippen LogP contribution in [-0.2, 0) is 10.2 Å². The van der Waals surface area contributed by atoms with Crippen molar-refractivity contribution in [3.8, 4) is 0 Å². The zero-order valence-corrected chi connectivity index (χ0v) is 14.8. The fourth-order valence-electron chi connectivity index (χ4n) is 1.51. The van der Waals surface area contributed by atoms with Crippen LogP contribution in [0.2, 0.25) is 5.15 Å². The van der Waals surface area contributed by atoms with Gasteiger partial charge in [0, 0.05) is 24.6 Å². The van der Waals surface area contributed by atoms with Gasteiger partial charge in [0.15, 0.2) is 0 Å². The van der Waals surface area contributed by atoms with Crippen LogP contribution in [-0.4, -0.2) is 34.8 Å². The Morgan fingerprint density at radius 2 is 1.82 bits per heavy atom. The highest BCUT2D eigenvalue weighted by atomic mass is 35.5. The molecule has 0 spiro atoms. The summed E-state index contributed by atoms with van der Waals surface area (Å²) in [7, 11) is 0. The van der Waals surface area contributed by atoms with E-state index in [9.17, 15) is 4.79 Å². The summed E-state index contributed by atoms with van der Waals surface area (Å²) >= 11 is 6.01. The number of hydrogen-bond donors (Lipinski definition) is 2. The second-order valence-corrected chi connectivity index (χ2v) is 7.39. The number of rotatable bonds is 4. The van der Waals surface area contributed by atoms with Gasteiger partial charge in [0.25, 0.3) is 0 Å². The Kier molecular flexibility index (Phi) is 6.00. The maximum Gasteiger partial charge on any atom is 0.407 e. The zero-order valence-electron chi connectivity index (χ0n) is 14.1. The monoisotopic (exact) mass is 328 g/mol. The average Bonchev–Trinajstić information content (AvgIpc) is 2.30. The van der Waals surface area contributed by atoms with Crippen molar-refractivity contribution in [1.82, 2.24) is 15.3 Å². The topological polar surface area (TPSA) is 76.1 Å². The van der Waals surface area contributed by atoms with Crippen LogP contribution in [0.1, 0.15) is 47.4 Å². The van der Waals surface area contributed by atoms with Crippen LogP contribution < -0.4 is 10.6 Å². The van der Waals surface area contributed by atoms with E-state index in [1.165, 1.54) is 0 Å². The Labute approximate surface area is 137 Å². The van der Waals surface area contributed by atoms with Gasteiger partial charge >= 0.3 is 6.09 Å². The van der Waals surface area contributed by atoms with E-state index >= 15 is 0 Å². The van der Waals surface area contributed by atoms with Crippen LogP contribution in [0, 0.1) is 0 Å². The molecule has 1 heterocycles. The minimum atomic E-state index is -0.501. The normalized spacial score (nSPS) is 12.0. The van der Waals surface area contributed by atoms with Crippen molar-refractivity contribution in [3.63, 3.8) is 0 Å². The van der Waals surface area contributed by atoms with Crippen molar-refractivity contribution < 1.29 is 9.53 Å². The molecule has 22 heavy (non-hydrogen) atoms. The number of carbonyl (C=O) groups excluding carboxylic acids is 1. The standard InChI is InChI=1S/C15H25ClN4O2/c1-14(2,3)12-19-10(16)9-11(20-12)17-7-8-18-13(21)22-15(4,5)6/h9H,7-8H2,1-6H3,(H,18,21)(H,17,19,20). The first-order chi connectivity index (χ1) is 9.97. The number of aromatic nitrogens is 2. The molecule has 1 aromatic heterocycles. The molecule has 0 aliphatic carbocycles. The number of carbonyl (C=O) groups is 1. The third-order valence-electron chi connectivity index (χ3n) is 2.47. The second-order valence-electron chi connectivity index (χ2n) is 7.00. The lowest BCUT2D eigenvalue weighted by molar-refractivity contribution is 0.0530. The highest BCUT2D eigenvalue weighted by Gasteiger charge is 2.19. The van der Waals surface area contributed by atoms with Crippen molar-refractivity contribution in [2.75, 3.05) is 18.4 Å². The van der Waals surface area contributed by atoms with Gasteiger partial charge in [-0.3, -0.25) is 0 Å². The number of nitrogens with one attached hydrogen (secondary N) is 2. The molecule has 6 nitrogen and oxygen atoms in total. The predicted octanol–water partition coefficient (Wildman–Crippen LogP) is 3.36. The highest BCUT2D eigenvalue weighted by Crippen LogP contribution is 2.22. The molecule has 0 fully saturated rings. The van der Waals surface area contributed by atoms with Crippen molar-refractivity contribution in [1.29, 1.82) is 0 Å². The van der Waals surface area contributed by atoms with Gasteiger partial charge in [0.1, 0.15) is 22.4 Å². The van der Waals surface area contributed by atoms with E-state index in [1.807, 2.05) is 41.5 Å². The first kappa shape index (κ1) is 18.5. The summed E-state index contributed by atoms with van der Waals surface area (Å²) in [6.45, 7) is 12.5. The Morgan fingerprint density at radius 1 is 1.18 bits per heavy atom. The molecule has 0 aliphatic heterocycles. The number of ether oxygens (including phenoxy) is 1. The van der Waals surface area contributed by atoms with Crippen LogP contribution in [0.5, 0.6) is 0 Å². The van der Waals surface area contributed by atoms with Crippen molar-refractivity contribution in [3.05, 3.63) is 17.0 Å². The SMILES string of the molecule is CC(C)(C)OC(=O)NCCNc1cc(Cl)nc(C(C)(C)C)n1. The average molecular weight is 329 g/mol. The molecule has 0 saturated carbocycles. The van der Waals surface area contributed by atoms with Crippen molar-refractivity contribution >= 4 is 23.5 Å². The number of alkyl carbamates (subject to hydrolysis) is 1. The molecule has 124 valence electrons. The molecule has 1 amide bonds. The second kappa shape index (κ2) is 7.13. The Bertz CT molecular complexity index is 521. The number of amides is 1. The molecule has 1 rings (SSSR count). The van der Waals surface area contributed by atoms with Crippen molar-refractivity contribution in [2.24, 2.45) is 0 Å². The summed E-state index contributed by atoms with van der Waals surface area (Å²) in [5.74, 6) is 1.30. The number of nitrogens with zero attached hydrogens (tertiary/aromatic N) is 2. The van der Waals surface area contributed by atoms with E-state index in [2.05, 4.69) is 20.6 Å². The molecule has 7 heteroatoms. The molecule has 0 radical (unpaired) electrons. The molecule has 1 aromatic rings. The molecular formula is C15H25ClN4O2. The van der Waals surface area contributed by atoms with Gasteiger partial charge in [0.05, 0.1) is 0 Å². The summed E-state index contributed by atoms with van der Waals surface area (Å²) in [5.41, 5.74) is -0.685. The van der Waals surface area contributed by atoms with Gasteiger partial charge in [-0.1, -0.05) is 32.4 Å². The summed E-state index contributed by atoms with van der Waals surface area (Å²) in [6, 6.07) is 1.66. The van der Waals surface area contributed by atoms with Crippen LogP contribution in [0.25, 0.3) is 0 Å². The highest BCUT2D eigenvalue weighted by molar-refractivity contribution is 6.29. The van der Waals surface area contributed by atoms with E-state index in [4.69, 9.17) is 16.3 Å². The first-order valence-electron chi connectivity index (χ1n) is 7.23. The zero-order chi connectivity index (χ0) is 17.0. The van der Waals surface area contributed by atoms with Gasteiger partial charge in [0.2, 0.25) is 0 Å². The van der Waals surface area contributed by atoms with Gasteiger partial charge < -0.3 is 15.4 Å². The molecule has 0 aliphatic rings. The van der Waals surface area contributed by atoms with Crippen molar-refractivity contribution in [2.45, 2.75) is 52.6 Å². The van der Waals surface area contributed by atoms with Crippen LogP contribution in [0.4, 0.5) is 10.6 Å². The lowest BCUT2D eigenvalue weighted by Crippen LogP contribution is -2.35. The molecular weight excluding hydrogens is 304 g/mol. The number of anilines is 1. The lowest BCUT2D eigenvalue weighted by Gasteiger charge is -2.20. The molecule has 0 bridgehead atoms. The molecule has 0 atom stereocenters. The summed E-state index contributed by atoms with van der Waals surface area (Å²) in [6.07, 6.45) is -0.439. The molecule has 0 unspecified atom stereocenters. The van der Waals surface area contributed by atoms with E-state index in [-0.39, 0.29) is 5.41 Å². The molecule has 2 N–H and O–H groups in total. The van der Waals surface area contributed by atoms with Gasteiger partial charge in [-0.25, -0.2) is 14.8 Å². The van der Waals surface area contributed by atoms with Crippen LogP contribution >= 0.6 is 11.6 Å². The minimum Gasteiger partial charge on any atom is -0.444 e. The van der Waals surface area contributed by atoms with E-state index in [1.54, 1.807) is 6.07 Å². The minimum absolute atomic E-state index is 0.184. The van der Waals surface area contributed by atoms with E-state index in [0.29, 0.717) is 29.9 Å². The van der Waals surface area contributed by atoms with Crippen LogP contribution in [0.3, 0.4) is 0 Å². The first-order valence-corrected chi connectivity index (χ1v) is 7.61. The Balaban J connectivity index is 2.49. The molecule has 0 aromatic carbocycles. The predicted molar refractivity (Wildman–Crippen MR) is 88.5 cm³/mol. The van der Waals surface area contributed by atoms with Gasteiger partial charge in [-0.2, -0.15) is 0 Å². The Hall–Kier alpha value is -1.56. The third-order valence-corrected chi connectivity index (χ3v) is 2.66. The summed E-state index contributed by atoms with van der Waals surface area (Å²) in [5, 5.41) is 6.17. The van der Waals surface area contributed by atoms with Gasteiger partial charge in [-0.15, -0.1) is 0 Å². The number of halogens is 1. The quantitative estimate of drug-likeness (QED) is 0.654. The molecule has 0 saturated heterocycles. The van der Waals surface area contributed by atoms with Gasteiger partial charge in [-0.05, 0) is 20.8 Å². The van der Waals surface area contributed by atoms with E-state index < -0.39 is 11.7 Å². The van der Waals surface area contributed by atoms with Crippen LogP contribution in [0.15, 0.2) is 6.07 Å². The lowest BCUT2D eigenvalue weighted by atomic mass is 9.96. The third kappa shape index (κ3) is 6.93. The fraction of sp³-hybridized carbons (Fsp3) is 0.667. The maximum absolute atomic E-state index is 11.5. The Morgan fingerprint density at radius 3 is 2.36 bits per heavy atom.